The average molecular weight is 198 g/mol. The summed E-state index contributed by atoms with van der Waals surface area (Å²) in [5.74, 6) is 0.0563. The van der Waals surface area contributed by atoms with Crippen LogP contribution in [0.4, 0.5) is 0 Å². The van der Waals surface area contributed by atoms with Gasteiger partial charge in [0.1, 0.15) is 5.54 Å². The zero-order chi connectivity index (χ0) is 10.0. The van der Waals surface area contributed by atoms with E-state index in [2.05, 4.69) is 10.6 Å². The highest BCUT2D eigenvalue weighted by molar-refractivity contribution is 5.79. The molecule has 14 heavy (non-hydrogen) atoms. The molecule has 2 rings (SSSR count). The quantitative estimate of drug-likeness (QED) is 0.603. The van der Waals surface area contributed by atoms with Gasteiger partial charge in [-0.25, -0.2) is 0 Å². The Hall–Kier alpha value is -0.610. The van der Waals surface area contributed by atoms with Gasteiger partial charge >= 0.3 is 5.97 Å². The average Bonchev–Trinajstić information content (AvgIpc) is 2.99. The van der Waals surface area contributed by atoms with Crippen molar-refractivity contribution < 1.29 is 9.90 Å². The number of carbonyl (C=O) groups is 1. The summed E-state index contributed by atoms with van der Waals surface area (Å²) in [6.07, 6.45) is 3.94. The molecule has 4 heteroatoms. The standard InChI is InChI=1S/C10H18N2O2/c13-9(14)10(3-5-11-6-4-10)12-7-8-1-2-8/h8,11-12H,1-7H2,(H,13,14). The van der Waals surface area contributed by atoms with Crippen LogP contribution < -0.4 is 10.6 Å². The third kappa shape index (κ3) is 2.07. The molecule has 0 unspecified atom stereocenters. The predicted octanol–water partition coefficient (Wildman–Crippen LogP) is 0.193. The summed E-state index contributed by atoms with van der Waals surface area (Å²) in [5.41, 5.74) is -0.645. The van der Waals surface area contributed by atoms with E-state index >= 15 is 0 Å². The van der Waals surface area contributed by atoms with E-state index in [1.54, 1.807) is 0 Å². The number of aliphatic carboxylic acids is 1. The molecule has 0 aromatic rings. The van der Waals surface area contributed by atoms with E-state index < -0.39 is 11.5 Å². The van der Waals surface area contributed by atoms with Crippen LogP contribution in [0.2, 0.25) is 0 Å². The zero-order valence-corrected chi connectivity index (χ0v) is 8.38. The zero-order valence-electron chi connectivity index (χ0n) is 8.38. The molecule has 4 nitrogen and oxygen atoms in total. The van der Waals surface area contributed by atoms with Crippen LogP contribution >= 0.6 is 0 Å². The third-order valence-corrected chi connectivity index (χ3v) is 3.29. The molecule has 0 bridgehead atoms. The minimum Gasteiger partial charge on any atom is -0.480 e. The number of hydrogen-bond donors (Lipinski definition) is 3. The van der Waals surface area contributed by atoms with Gasteiger partial charge in [-0.2, -0.15) is 0 Å². The smallest absolute Gasteiger partial charge is 0.323 e. The monoisotopic (exact) mass is 198 g/mol. The summed E-state index contributed by atoms with van der Waals surface area (Å²) in [7, 11) is 0. The van der Waals surface area contributed by atoms with Crippen LogP contribution in [0.25, 0.3) is 0 Å². The van der Waals surface area contributed by atoms with Crippen molar-refractivity contribution >= 4 is 5.97 Å². The lowest BCUT2D eigenvalue weighted by molar-refractivity contribution is -0.146. The van der Waals surface area contributed by atoms with Gasteiger partial charge in [0.25, 0.3) is 0 Å². The molecule has 1 aliphatic heterocycles. The van der Waals surface area contributed by atoms with E-state index in [0.29, 0.717) is 12.8 Å². The SMILES string of the molecule is O=C(O)C1(NCC2CC2)CCNCC1. The Bertz CT molecular complexity index is 220. The first-order valence-electron chi connectivity index (χ1n) is 5.42. The Labute approximate surface area is 84.1 Å². The lowest BCUT2D eigenvalue weighted by Gasteiger charge is -2.34. The van der Waals surface area contributed by atoms with E-state index in [0.717, 1.165) is 25.6 Å². The normalized spacial score (nSPS) is 26.0. The first kappa shape index (κ1) is 9.93. The summed E-state index contributed by atoms with van der Waals surface area (Å²) in [6, 6.07) is 0. The lowest BCUT2D eigenvalue weighted by Crippen LogP contribution is -2.58. The third-order valence-electron chi connectivity index (χ3n) is 3.29. The fraction of sp³-hybridized carbons (Fsp3) is 0.900. The van der Waals surface area contributed by atoms with Gasteiger partial charge < -0.3 is 15.7 Å². The summed E-state index contributed by atoms with van der Waals surface area (Å²) in [4.78, 5) is 11.2. The Morgan fingerprint density at radius 2 is 2.07 bits per heavy atom. The van der Waals surface area contributed by atoms with Gasteiger partial charge in [0, 0.05) is 0 Å². The largest absolute Gasteiger partial charge is 0.480 e. The molecular weight excluding hydrogens is 180 g/mol. The molecule has 0 atom stereocenters. The molecule has 0 aromatic heterocycles. The van der Waals surface area contributed by atoms with Crippen LogP contribution in [0.5, 0.6) is 0 Å². The summed E-state index contributed by atoms with van der Waals surface area (Å²) >= 11 is 0. The number of carboxylic acids is 1. The number of rotatable bonds is 4. The van der Waals surface area contributed by atoms with Crippen molar-refractivity contribution in [2.75, 3.05) is 19.6 Å². The molecule has 0 amide bonds. The number of carboxylic acid groups (broad SMARTS) is 1. The first-order chi connectivity index (χ1) is 6.73. The molecule has 3 N–H and O–H groups in total. The van der Waals surface area contributed by atoms with Gasteiger partial charge in [-0.15, -0.1) is 0 Å². The van der Waals surface area contributed by atoms with Gasteiger partial charge in [-0.3, -0.25) is 4.79 Å². The van der Waals surface area contributed by atoms with Crippen molar-refractivity contribution in [3.05, 3.63) is 0 Å². The summed E-state index contributed by atoms with van der Waals surface area (Å²) in [5, 5.41) is 15.7. The Morgan fingerprint density at radius 3 is 2.57 bits per heavy atom. The molecule has 2 aliphatic rings. The molecule has 1 saturated heterocycles. The van der Waals surface area contributed by atoms with Crippen LogP contribution in [0.1, 0.15) is 25.7 Å². The van der Waals surface area contributed by atoms with Crippen LogP contribution in [0.3, 0.4) is 0 Å². The molecule has 1 saturated carbocycles. The van der Waals surface area contributed by atoms with Crippen molar-refractivity contribution in [2.45, 2.75) is 31.2 Å². The maximum Gasteiger partial charge on any atom is 0.323 e. The van der Waals surface area contributed by atoms with E-state index in [9.17, 15) is 9.90 Å². The molecule has 1 heterocycles. The maximum atomic E-state index is 11.2. The van der Waals surface area contributed by atoms with Crippen LogP contribution in [-0.4, -0.2) is 36.2 Å². The minimum atomic E-state index is -0.681. The highest BCUT2D eigenvalue weighted by Crippen LogP contribution is 2.29. The van der Waals surface area contributed by atoms with Crippen LogP contribution in [0.15, 0.2) is 0 Å². The van der Waals surface area contributed by atoms with Crippen LogP contribution in [-0.2, 0) is 4.79 Å². The van der Waals surface area contributed by atoms with E-state index in [1.165, 1.54) is 12.8 Å². The van der Waals surface area contributed by atoms with E-state index in [-0.39, 0.29) is 0 Å². The fourth-order valence-corrected chi connectivity index (χ4v) is 1.98. The highest BCUT2D eigenvalue weighted by Gasteiger charge is 2.40. The molecule has 0 aromatic carbocycles. The van der Waals surface area contributed by atoms with Gasteiger partial charge in [0.15, 0.2) is 0 Å². The second kappa shape index (κ2) is 3.87. The van der Waals surface area contributed by atoms with E-state index in [1.807, 2.05) is 0 Å². The predicted molar refractivity (Wildman–Crippen MR) is 53.2 cm³/mol. The molecule has 2 fully saturated rings. The van der Waals surface area contributed by atoms with Crippen molar-refractivity contribution in [3.8, 4) is 0 Å². The molecule has 0 radical (unpaired) electrons. The molecular formula is C10H18N2O2. The Morgan fingerprint density at radius 1 is 1.43 bits per heavy atom. The van der Waals surface area contributed by atoms with Gasteiger partial charge in [-0.1, -0.05) is 0 Å². The van der Waals surface area contributed by atoms with Gasteiger partial charge in [0.05, 0.1) is 0 Å². The lowest BCUT2D eigenvalue weighted by atomic mass is 9.88. The van der Waals surface area contributed by atoms with Crippen molar-refractivity contribution in [3.63, 3.8) is 0 Å². The Balaban J connectivity index is 1.92. The van der Waals surface area contributed by atoms with Gasteiger partial charge in [0.2, 0.25) is 0 Å². The topological polar surface area (TPSA) is 61.4 Å². The molecule has 80 valence electrons. The van der Waals surface area contributed by atoms with Crippen molar-refractivity contribution in [2.24, 2.45) is 5.92 Å². The maximum absolute atomic E-state index is 11.2. The minimum absolute atomic E-state index is 0.645. The van der Waals surface area contributed by atoms with Crippen LogP contribution in [0, 0.1) is 5.92 Å². The number of piperidine rings is 1. The highest BCUT2D eigenvalue weighted by atomic mass is 16.4. The van der Waals surface area contributed by atoms with Crippen molar-refractivity contribution in [1.82, 2.24) is 10.6 Å². The summed E-state index contributed by atoms with van der Waals surface area (Å²) in [6.45, 7) is 2.50. The molecule has 1 aliphatic carbocycles. The van der Waals surface area contributed by atoms with Gasteiger partial charge in [-0.05, 0) is 51.2 Å². The Kier molecular flexibility index (Phi) is 2.74. The first-order valence-corrected chi connectivity index (χ1v) is 5.42. The fourth-order valence-electron chi connectivity index (χ4n) is 1.98. The second-order valence-electron chi connectivity index (χ2n) is 4.46. The van der Waals surface area contributed by atoms with E-state index in [4.69, 9.17) is 0 Å². The second-order valence-corrected chi connectivity index (χ2v) is 4.46. The molecule has 0 spiro atoms. The summed E-state index contributed by atoms with van der Waals surface area (Å²) < 4.78 is 0. The number of nitrogens with one attached hydrogen (secondary N) is 2. The number of hydrogen-bond acceptors (Lipinski definition) is 3. The van der Waals surface area contributed by atoms with Crippen molar-refractivity contribution in [1.29, 1.82) is 0 Å².